The maximum atomic E-state index is 12.8. The summed E-state index contributed by atoms with van der Waals surface area (Å²) in [5.41, 5.74) is 2.16. The number of rotatable bonds is 5. The quantitative estimate of drug-likeness (QED) is 0.694. The van der Waals surface area contributed by atoms with Crippen molar-refractivity contribution < 1.29 is 14.3 Å². The molecule has 0 saturated heterocycles. The molecule has 0 spiro atoms. The molecule has 28 heavy (non-hydrogen) atoms. The van der Waals surface area contributed by atoms with E-state index in [1.807, 2.05) is 31.2 Å². The van der Waals surface area contributed by atoms with Crippen LogP contribution in [0.4, 0.5) is 5.69 Å². The Bertz CT molecular complexity index is 1090. The minimum atomic E-state index is -0.583. The lowest BCUT2D eigenvalue weighted by atomic mass is 10.1. The van der Waals surface area contributed by atoms with Crippen molar-refractivity contribution >= 4 is 17.6 Å². The van der Waals surface area contributed by atoms with E-state index in [0.717, 1.165) is 11.1 Å². The number of esters is 1. The van der Waals surface area contributed by atoms with Gasteiger partial charge in [0, 0.05) is 6.20 Å². The number of nitrogens with one attached hydrogen (secondary N) is 1. The van der Waals surface area contributed by atoms with Crippen LogP contribution in [0.1, 0.15) is 31.8 Å². The van der Waals surface area contributed by atoms with Crippen molar-refractivity contribution in [1.82, 2.24) is 4.57 Å². The van der Waals surface area contributed by atoms with Crippen molar-refractivity contribution in [3.05, 3.63) is 99.5 Å². The van der Waals surface area contributed by atoms with Crippen LogP contribution < -0.4 is 10.9 Å². The van der Waals surface area contributed by atoms with Crippen LogP contribution in [0, 0.1) is 6.92 Å². The molecule has 0 aliphatic rings. The number of aromatic nitrogens is 1. The fourth-order valence-electron chi connectivity index (χ4n) is 2.91. The fraction of sp³-hybridized carbons (Fsp3) is 0.136. The Kier molecular flexibility index (Phi) is 5.69. The number of amides is 1. The van der Waals surface area contributed by atoms with Gasteiger partial charge in [0.15, 0.2) is 0 Å². The van der Waals surface area contributed by atoms with E-state index >= 15 is 0 Å². The third-order valence-corrected chi connectivity index (χ3v) is 4.28. The molecule has 0 aliphatic heterocycles. The molecule has 0 saturated carbocycles. The van der Waals surface area contributed by atoms with E-state index in [2.05, 4.69) is 5.32 Å². The maximum absolute atomic E-state index is 12.8. The molecule has 0 unspecified atom stereocenters. The highest BCUT2D eigenvalue weighted by Crippen LogP contribution is 2.16. The second kappa shape index (κ2) is 8.35. The van der Waals surface area contributed by atoms with Crippen molar-refractivity contribution in [2.24, 2.45) is 0 Å². The number of nitrogens with zero attached hydrogens (tertiary/aromatic N) is 1. The van der Waals surface area contributed by atoms with E-state index in [1.165, 1.54) is 17.7 Å². The molecule has 3 aromatic rings. The van der Waals surface area contributed by atoms with Gasteiger partial charge in [-0.15, -0.1) is 0 Å². The van der Waals surface area contributed by atoms with Crippen LogP contribution in [-0.2, 0) is 11.3 Å². The summed E-state index contributed by atoms with van der Waals surface area (Å²) in [4.78, 5) is 37.3. The van der Waals surface area contributed by atoms with Gasteiger partial charge in [0.2, 0.25) is 0 Å². The van der Waals surface area contributed by atoms with Crippen molar-refractivity contribution in [3.63, 3.8) is 0 Å². The normalized spacial score (nSPS) is 10.4. The first kappa shape index (κ1) is 19.1. The van der Waals surface area contributed by atoms with Crippen molar-refractivity contribution in [2.45, 2.75) is 13.5 Å². The van der Waals surface area contributed by atoms with Crippen LogP contribution >= 0.6 is 0 Å². The van der Waals surface area contributed by atoms with Crippen molar-refractivity contribution in [2.75, 3.05) is 12.4 Å². The van der Waals surface area contributed by atoms with E-state index < -0.39 is 17.4 Å². The van der Waals surface area contributed by atoms with Crippen molar-refractivity contribution in [1.29, 1.82) is 0 Å². The lowest BCUT2D eigenvalue weighted by molar-refractivity contribution is 0.0602. The molecule has 2 aromatic carbocycles. The van der Waals surface area contributed by atoms with E-state index in [0.29, 0.717) is 6.54 Å². The summed E-state index contributed by atoms with van der Waals surface area (Å²) < 4.78 is 6.21. The second-order valence-electron chi connectivity index (χ2n) is 6.34. The summed E-state index contributed by atoms with van der Waals surface area (Å²) in [6, 6.07) is 17.4. The molecule has 0 aliphatic carbocycles. The molecular weight excluding hydrogens is 356 g/mol. The summed E-state index contributed by atoms with van der Waals surface area (Å²) in [7, 11) is 1.27. The molecule has 6 heteroatoms. The van der Waals surface area contributed by atoms with Gasteiger partial charge < -0.3 is 14.6 Å². The highest BCUT2D eigenvalue weighted by molar-refractivity contribution is 6.07. The minimum Gasteiger partial charge on any atom is -0.465 e. The van der Waals surface area contributed by atoms with Gasteiger partial charge in [-0.1, -0.05) is 42.0 Å². The lowest BCUT2D eigenvalue weighted by Gasteiger charge is -2.11. The smallest absolute Gasteiger partial charge is 0.339 e. The first-order valence-electron chi connectivity index (χ1n) is 8.73. The van der Waals surface area contributed by atoms with Gasteiger partial charge in [0.1, 0.15) is 5.56 Å². The largest absolute Gasteiger partial charge is 0.465 e. The number of hydrogen-bond donors (Lipinski definition) is 1. The van der Waals surface area contributed by atoms with E-state index in [9.17, 15) is 14.4 Å². The minimum absolute atomic E-state index is 0.00479. The molecule has 0 radical (unpaired) electrons. The number of pyridine rings is 1. The second-order valence-corrected chi connectivity index (χ2v) is 6.34. The van der Waals surface area contributed by atoms with E-state index in [1.54, 1.807) is 36.5 Å². The average Bonchev–Trinajstić information content (AvgIpc) is 2.69. The van der Waals surface area contributed by atoms with Crippen LogP contribution in [0.5, 0.6) is 0 Å². The summed E-state index contributed by atoms with van der Waals surface area (Å²) >= 11 is 0. The molecule has 1 aromatic heterocycles. The molecule has 1 amide bonds. The maximum Gasteiger partial charge on any atom is 0.339 e. The molecular formula is C22H20N2O4. The first-order valence-corrected chi connectivity index (χ1v) is 8.73. The number of para-hydroxylation sites is 1. The third kappa shape index (κ3) is 4.17. The zero-order chi connectivity index (χ0) is 20.1. The standard InChI is InChI=1S/C22H20N2O4/c1-15-7-5-8-16(13-15)14-24-12-6-10-18(21(24)26)20(25)23-19-11-4-3-9-17(19)22(27)28-2/h3-13H,14H2,1-2H3,(H,23,25). The zero-order valence-corrected chi connectivity index (χ0v) is 15.6. The number of methoxy groups -OCH3 is 1. The number of carbonyl (C=O) groups excluding carboxylic acids is 2. The predicted molar refractivity (Wildman–Crippen MR) is 107 cm³/mol. The summed E-state index contributed by atoms with van der Waals surface area (Å²) in [5, 5.41) is 2.63. The molecule has 1 heterocycles. The summed E-state index contributed by atoms with van der Waals surface area (Å²) in [6.07, 6.45) is 1.64. The van der Waals surface area contributed by atoms with Gasteiger partial charge in [-0.2, -0.15) is 0 Å². The van der Waals surface area contributed by atoms with Gasteiger partial charge in [-0.3, -0.25) is 9.59 Å². The number of ether oxygens (including phenoxy) is 1. The number of aryl methyl sites for hydroxylation is 1. The zero-order valence-electron chi connectivity index (χ0n) is 15.6. The molecule has 0 atom stereocenters. The Morgan fingerprint density at radius 2 is 1.75 bits per heavy atom. The van der Waals surface area contributed by atoms with Crippen LogP contribution in [0.25, 0.3) is 0 Å². The van der Waals surface area contributed by atoms with Crippen molar-refractivity contribution in [3.8, 4) is 0 Å². The topological polar surface area (TPSA) is 77.4 Å². The molecule has 6 nitrogen and oxygen atoms in total. The Hall–Kier alpha value is -3.67. The highest BCUT2D eigenvalue weighted by atomic mass is 16.5. The molecule has 3 rings (SSSR count). The molecule has 0 bridgehead atoms. The Labute approximate surface area is 162 Å². The van der Waals surface area contributed by atoms with Crippen LogP contribution in [-0.4, -0.2) is 23.6 Å². The van der Waals surface area contributed by atoms with Gasteiger partial charge in [-0.05, 0) is 36.8 Å². The lowest BCUT2D eigenvalue weighted by Crippen LogP contribution is -2.29. The van der Waals surface area contributed by atoms with Crippen LogP contribution in [0.3, 0.4) is 0 Å². The van der Waals surface area contributed by atoms with Gasteiger partial charge >= 0.3 is 5.97 Å². The first-order chi connectivity index (χ1) is 13.5. The third-order valence-electron chi connectivity index (χ3n) is 4.28. The van der Waals surface area contributed by atoms with Crippen LogP contribution in [0.2, 0.25) is 0 Å². The van der Waals surface area contributed by atoms with Gasteiger partial charge in [0.05, 0.1) is 24.9 Å². The number of anilines is 1. The number of benzene rings is 2. The SMILES string of the molecule is COC(=O)c1ccccc1NC(=O)c1cccn(Cc2cccc(C)c2)c1=O. The predicted octanol–water partition coefficient (Wildman–Crippen LogP) is 3.24. The molecule has 142 valence electrons. The van der Waals surface area contributed by atoms with E-state index in [-0.39, 0.29) is 16.8 Å². The number of carbonyl (C=O) groups is 2. The monoisotopic (exact) mass is 376 g/mol. The Balaban J connectivity index is 1.88. The fourth-order valence-corrected chi connectivity index (χ4v) is 2.91. The summed E-state index contributed by atoms with van der Waals surface area (Å²) in [5.74, 6) is -1.15. The van der Waals surface area contributed by atoms with Crippen LogP contribution in [0.15, 0.2) is 71.7 Å². The van der Waals surface area contributed by atoms with E-state index in [4.69, 9.17) is 4.74 Å². The highest BCUT2D eigenvalue weighted by Gasteiger charge is 2.17. The number of hydrogen-bond acceptors (Lipinski definition) is 4. The Morgan fingerprint density at radius 1 is 1.00 bits per heavy atom. The van der Waals surface area contributed by atoms with Gasteiger partial charge in [-0.25, -0.2) is 4.79 Å². The summed E-state index contributed by atoms with van der Waals surface area (Å²) in [6.45, 7) is 2.34. The average molecular weight is 376 g/mol. The molecule has 1 N–H and O–H groups in total. The molecule has 0 fully saturated rings. The Morgan fingerprint density at radius 3 is 2.50 bits per heavy atom. The van der Waals surface area contributed by atoms with Gasteiger partial charge in [0.25, 0.3) is 11.5 Å².